The van der Waals surface area contributed by atoms with Crippen molar-refractivity contribution in [2.75, 3.05) is 13.1 Å². The normalized spacial score (nSPS) is 26.0. The third-order valence-electron chi connectivity index (χ3n) is 3.25. The summed E-state index contributed by atoms with van der Waals surface area (Å²) in [5, 5.41) is 11.6. The molecule has 15 heavy (non-hydrogen) atoms. The van der Waals surface area contributed by atoms with Gasteiger partial charge in [0.25, 0.3) is 0 Å². The monoisotopic (exact) mass is 224 g/mol. The van der Waals surface area contributed by atoms with Crippen LogP contribution in [0.1, 0.15) is 30.9 Å². The summed E-state index contributed by atoms with van der Waals surface area (Å²) < 4.78 is 0. The van der Waals surface area contributed by atoms with Crippen LogP contribution in [0.2, 0.25) is 0 Å². The molecule has 1 fully saturated rings. The van der Waals surface area contributed by atoms with E-state index in [9.17, 15) is 0 Å². The fourth-order valence-electron chi connectivity index (χ4n) is 2.15. The molecule has 1 atom stereocenters. The molecule has 1 aromatic heterocycles. The molecular formula is C12H20N2S. The van der Waals surface area contributed by atoms with Gasteiger partial charge >= 0.3 is 0 Å². The Bertz CT molecular complexity index is 313. The van der Waals surface area contributed by atoms with Crippen LogP contribution in [-0.4, -0.2) is 18.6 Å². The highest BCUT2D eigenvalue weighted by atomic mass is 32.1. The molecule has 1 aromatic rings. The second kappa shape index (κ2) is 4.64. The highest BCUT2D eigenvalue weighted by Crippen LogP contribution is 2.18. The Morgan fingerprint density at radius 1 is 1.53 bits per heavy atom. The Morgan fingerprint density at radius 2 is 2.40 bits per heavy atom. The third kappa shape index (κ3) is 2.80. The van der Waals surface area contributed by atoms with Gasteiger partial charge < -0.3 is 10.6 Å². The van der Waals surface area contributed by atoms with Crippen molar-refractivity contribution < 1.29 is 0 Å². The van der Waals surface area contributed by atoms with E-state index in [1.165, 1.54) is 30.5 Å². The zero-order chi connectivity index (χ0) is 10.7. The summed E-state index contributed by atoms with van der Waals surface area (Å²) in [6.45, 7) is 7.75. The van der Waals surface area contributed by atoms with Crippen LogP contribution in [-0.2, 0) is 6.54 Å². The lowest BCUT2D eigenvalue weighted by Gasteiger charge is -2.24. The van der Waals surface area contributed by atoms with Crippen molar-refractivity contribution in [3.63, 3.8) is 0 Å². The maximum atomic E-state index is 3.57. The first kappa shape index (κ1) is 11.1. The first-order chi connectivity index (χ1) is 7.20. The van der Waals surface area contributed by atoms with Gasteiger partial charge in [0, 0.05) is 18.6 Å². The van der Waals surface area contributed by atoms with E-state index in [0.717, 1.165) is 13.1 Å². The molecule has 2 N–H and O–H groups in total. The van der Waals surface area contributed by atoms with Crippen molar-refractivity contribution in [2.24, 2.45) is 0 Å². The predicted octanol–water partition coefficient (Wildman–Crippen LogP) is 2.29. The number of hydrogen-bond donors (Lipinski definition) is 2. The molecule has 2 heterocycles. The van der Waals surface area contributed by atoms with Gasteiger partial charge in [-0.15, -0.1) is 0 Å². The van der Waals surface area contributed by atoms with E-state index in [1.54, 1.807) is 11.3 Å². The third-order valence-corrected chi connectivity index (χ3v) is 4.16. The molecule has 1 aliphatic rings. The summed E-state index contributed by atoms with van der Waals surface area (Å²) in [7, 11) is 0. The van der Waals surface area contributed by atoms with Crippen molar-refractivity contribution in [1.82, 2.24) is 10.6 Å². The van der Waals surface area contributed by atoms with Gasteiger partial charge in [0.05, 0.1) is 0 Å². The molecule has 1 saturated heterocycles. The van der Waals surface area contributed by atoms with E-state index in [0.29, 0.717) is 5.54 Å². The molecule has 0 bridgehead atoms. The molecule has 2 nitrogen and oxygen atoms in total. The summed E-state index contributed by atoms with van der Waals surface area (Å²) in [6, 6.07) is 0. The molecule has 0 amide bonds. The summed E-state index contributed by atoms with van der Waals surface area (Å²) in [6.07, 6.45) is 2.61. The Morgan fingerprint density at radius 3 is 3.00 bits per heavy atom. The highest BCUT2D eigenvalue weighted by molar-refractivity contribution is 7.08. The number of hydrogen-bond acceptors (Lipinski definition) is 3. The fraction of sp³-hybridized carbons (Fsp3) is 0.667. The molecule has 0 saturated carbocycles. The lowest BCUT2D eigenvalue weighted by molar-refractivity contribution is 0.385. The summed E-state index contributed by atoms with van der Waals surface area (Å²) in [5.41, 5.74) is 3.18. The maximum absolute atomic E-state index is 3.57. The first-order valence-electron chi connectivity index (χ1n) is 5.67. The smallest absolute Gasteiger partial charge is 0.0278 e. The van der Waals surface area contributed by atoms with Crippen molar-refractivity contribution in [1.29, 1.82) is 0 Å². The Kier molecular flexibility index (Phi) is 3.44. The minimum atomic E-state index is 0.323. The standard InChI is InChI=1S/C12H20N2S/c1-10-7-15-8-11(10)6-13-9-12(2)4-3-5-14-12/h7-8,13-14H,3-6,9H2,1-2H3. The molecule has 1 aliphatic heterocycles. The molecule has 2 rings (SSSR count). The van der Waals surface area contributed by atoms with Crippen molar-refractivity contribution in [2.45, 2.75) is 38.8 Å². The van der Waals surface area contributed by atoms with Crippen LogP contribution in [0, 0.1) is 6.92 Å². The number of nitrogens with one attached hydrogen (secondary N) is 2. The second-order valence-electron chi connectivity index (χ2n) is 4.77. The lowest BCUT2D eigenvalue weighted by atomic mass is 10.0. The molecule has 1 unspecified atom stereocenters. The van der Waals surface area contributed by atoms with Gasteiger partial charge in [0.15, 0.2) is 0 Å². The van der Waals surface area contributed by atoms with Crippen LogP contribution in [0.15, 0.2) is 10.8 Å². The van der Waals surface area contributed by atoms with Crippen LogP contribution in [0.3, 0.4) is 0 Å². The van der Waals surface area contributed by atoms with Gasteiger partial charge in [-0.05, 0) is 55.1 Å². The Balaban J connectivity index is 1.77. The van der Waals surface area contributed by atoms with Gasteiger partial charge in [-0.1, -0.05) is 0 Å². The van der Waals surface area contributed by atoms with E-state index in [2.05, 4.69) is 35.2 Å². The number of thiophene rings is 1. The zero-order valence-corrected chi connectivity index (χ0v) is 10.4. The summed E-state index contributed by atoms with van der Waals surface area (Å²) in [4.78, 5) is 0. The quantitative estimate of drug-likeness (QED) is 0.820. The largest absolute Gasteiger partial charge is 0.311 e. The second-order valence-corrected chi connectivity index (χ2v) is 5.52. The first-order valence-corrected chi connectivity index (χ1v) is 6.61. The zero-order valence-electron chi connectivity index (χ0n) is 9.60. The van der Waals surface area contributed by atoms with E-state index in [4.69, 9.17) is 0 Å². The Hall–Kier alpha value is -0.380. The fourth-order valence-corrected chi connectivity index (χ4v) is 3.01. The van der Waals surface area contributed by atoms with Crippen molar-refractivity contribution in [3.05, 3.63) is 21.9 Å². The van der Waals surface area contributed by atoms with E-state index >= 15 is 0 Å². The maximum Gasteiger partial charge on any atom is 0.0278 e. The average molecular weight is 224 g/mol. The average Bonchev–Trinajstić information content (AvgIpc) is 2.78. The highest BCUT2D eigenvalue weighted by Gasteiger charge is 2.27. The van der Waals surface area contributed by atoms with Gasteiger partial charge in [-0.25, -0.2) is 0 Å². The molecule has 0 aliphatic carbocycles. The minimum absolute atomic E-state index is 0.323. The van der Waals surface area contributed by atoms with Crippen LogP contribution in [0.25, 0.3) is 0 Å². The van der Waals surface area contributed by atoms with Crippen LogP contribution in [0.4, 0.5) is 0 Å². The number of rotatable bonds is 4. The SMILES string of the molecule is Cc1cscc1CNCC1(C)CCCN1. The van der Waals surface area contributed by atoms with Gasteiger partial charge in [0.1, 0.15) is 0 Å². The lowest BCUT2D eigenvalue weighted by Crippen LogP contribution is -2.45. The van der Waals surface area contributed by atoms with Crippen LogP contribution >= 0.6 is 11.3 Å². The molecule has 0 spiro atoms. The van der Waals surface area contributed by atoms with E-state index in [1.807, 2.05) is 0 Å². The Labute approximate surface area is 96.1 Å². The van der Waals surface area contributed by atoms with Gasteiger partial charge in [-0.3, -0.25) is 0 Å². The van der Waals surface area contributed by atoms with Gasteiger partial charge in [-0.2, -0.15) is 11.3 Å². The molecule has 3 heteroatoms. The molecule has 84 valence electrons. The molecule has 0 radical (unpaired) electrons. The van der Waals surface area contributed by atoms with E-state index < -0.39 is 0 Å². The minimum Gasteiger partial charge on any atom is -0.311 e. The molecular weight excluding hydrogens is 204 g/mol. The van der Waals surface area contributed by atoms with Crippen molar-refractivity contribution in [3.8, 4) is 0 Å². The van der Waals surface area contributed by atoms with E-state index in [-0.39, 0.29) is 0 Å². The van der Waals surface area contributed by atoms with Crippen LogP contribution in [0.5, 0.6) is 0 Å². The van der Waals surface area contributed by atoms with Gasteiger partial charge in [0.2, 0.25) is 0 Å². The van der Waals surface area contributed by atoms with Crippen LogP contribution < -0.4 is 10.6 Å². The molecule has 0 aromatic carbocycles. The predicted molar refractivity (Wildman–Crippen MR) is 66.4 cm³/mol. The topological polar surface area (TPSA) is 24.1 Å². The number of aryl methyl sites for hydroxylation is 1. The summed E-state index contributed by atoms with van der Waals surface area (Å²) >= 11 is 1.79. The van der Waals surface area contributed by atoms with Crippen molar-refractivity contribution >= 4 is 11.3 Å². The summed E-state index contributed by atoms with van der Waals surface area (Å²) in [5.74, 6) is 0.